The van der Waals surface area contributed by atoms with Crippen molar-refractivity contribution in [1.29, 1.82) is 0 Å². The van der Waals surface area contributed by atoms with E-state index in [1.807, 2.05) is 0 Å². The molecule has 3 aromatic rings. The molecule has 0 aliphatic carbocycles. The first kappa shape index (κ1) is 9.58. The van der Waals surface area contributed by atoms with Gasteiger partial charge in [0.15, 0.2) is 5.82 Å². The zero-order chi connectivity index (χ0) is 11.7. The smallest absolute Gasteiger partial charge is 0.203 e. The Hall–Kier alpha value is -2.64. The maximum absolute atomic E-state index is 5.69. The van der Waals surface area contributed by atoms with E-state index in [2.05, 4.69) is 30.7 Å². The average Bonchev–Trinajstić information content (AvgIpc) is 2.95. The summed E-state index contributed by atoms with van der Waals surface area (Å²) in [5.74, 6) is 1.21. The Morgan fingerprint density at radius 3 is 3.24 bits per heavy atom. The molecule has 8 nitrogen and oxygen atoms in total. The van der Waals surface area contributed by atoms with Crippen LogP contribution < -0.4 is 11.1 Å². The predicted octanol–water partition coefficient (Wildman–Crippen LogP) is 0.0417. The molecule has 3 aromatic heterocycles. The second kappa shape index (κ2) is 3.74. The van der Waals surface area contributed by atoms with E-state index in [1.165, 1.54) is 0 Å². The lowest BCUT2D eigenvalue weighted by atomic mass is 10.3. The first-order valence-electron chi connectivity index (χ1n) is 5.00. The van der Waals surface area contributed by atoms with Crippen LogP contribution in [0.3, 0.4) is 0 Å². The van der Waals surface area contributed by atoms with Crippen LogP contribution in [0.4, 0.5) is 11.6 Å². The highest BCUT2D eigenvalue weighted by atomic mass is 15.2. The number of aromatic nitrogens is 6. The summed E-state index contributed by atoms with van der Waals surface area (Å²) in [6, 6.07) is 0. The number of hydrogen-bond acceptors (Lipinski definition) is 6. The minimum absolute atomic E-state index is 0.530. The Morgan fingerprint density at radius 1 is 1.47 bits per heavy atom. The van der Waals surface area contributed by atoms with Crippen LogP contribution in [-0.4, -0.2) is 29.8 Å². The van der Waals surface area contributed by atoms with Gasteiger partial charge >= 0.3 is 0 Å². The third-order valence-corrected chi connectivity index (χ3v) is 2.41. The molecule has 8 heteroatoms. The van der Waals surface area contributed by atoms with Gasteiger partial charge in [0, 0.05) is 24.5 Å². The van der Waals surface area contributed by atoms with E-state index in [0.717, 1.165) is 5.56 Å². The van der Waals surface area contributed by atoms with Gasteiger partial charge in [-0.05, 0) is 0 Å². The normalized spacial score (nSPS) is 10.8. The summed E-state index contributed by atoms with van der Waals surface area (Å²) in [5, 5.41) is 17.4. The number of nitrogens with zero attached hydrogens (tertiary/aromatic N) is 5. The molecule has 0 aromatic carbocycles. The number of nitrogens with one attached hydrogen (secondary N) is 2. The number of rotatable bonds is 3. The molecule has 0 unspecified atom stereocenters. The molecule has 0 fully saturated rings. The lowest BCUT2D eigenvalue weighted by molar-refractivity contribution is 1.07. The molecular formula is C9H10N8. The van der Waals surface area contributed by atoms with Gasteiger partial charge in [0.25, 0.3) is 0 Å². The van der Waals surface area contributed by atoms with Crippen LogP contribution >= 0.6 is 0 Å². The van der Waals surface area contributed by atoms with Crippen molar-refractivity contribution in [2.24, 2.45) is 0 Å². The van der Waals surface area contributed by atoms with Crippen molar-refractivity contribution in [3.05, 3.63) is 30.5 Å². The first-order chi connectivity index (χ1) is 8.34. The lowest BCUT2D eigenvalue weighted by Gasteiger charge is -2.04. The van der Waals surface area contributed by atoms with Crippen LogP contribution in [0.2, 0.25) is 0 Å². The van der Waals surface area contributed by atoms with Crippen molar-refractivity contribution in [2.45, 2.75) is 6.54 Å². The number of nitrogens with two attached hydrogens (primary N) is 1. The molecule has 3 heterocycles. The number of aromatic amines is 1. The SMILES string of the molecule is Nc1[nH]ncc1CNc1nccn2cnnc12. The molecule has 3 rings (SSSR count). The van der Waals surface area contributed by atoms with Crippen molar-refractivity contribution >= 4 is 17.3 Å². The van der Waals surface area contributed by atoms with Crippen LogP contribution in [0, 0.1) is 0 Å². The van der Waals surface area contributed by atoms with Gasteiger partial charge in [0.2, 0.25) is 5.65 Å². The van der Waals surface area contributed by atoms with Crippen molar-refractivity contribution in [3.63, 3.8) is 0 Å². The molecular weight excluding hydrogens is 220 g/mol. The van der Waals surface area contributed by atoms with Gasteiger partial charge in [-0.15, -0.1) is 10.2 Å². The topological polar surface area (TPSA) is 110 Å². The number of H-pyrrole nitrogens is 1. The highest BCUT2D eigenvalue weighted by Crippen LogP contribution is 2.13. The van der Waals surface area contributed by atoms with E-state index in [0.29, 0.717) is 23.8 Å². The molecule has 0 saturated heterocycles. The Morgan fingerprint density at radius 2 is 2.41 bits per heavy atom. The minimum Gasteiger partial charge on any atom is -0.384 e. The predicted molar refractivity (Wildman–Crippen MR) is 61.1 cm³/mol. The van der Waals surface area contributed by atoms with Gasteiger partial charge in [0.1, 0.15) is 12.1 Å². The Labute approximate surface area is 95.9 Å². The maximum atomic E-state index is 5.69. The summed E-state index contributed by atoms with van der Waals surface area (Å²) in [6.45, 7) is 0.530. The van der Waals surface area contributed by atoms with E-state index < -0.39 is 0 Å². The van der Waals surface area contributed by atoms with E-state index in [-0.39, 0.29) is 0 Å². The molecule has 0 aliphatic heterocycles. The van der Waals surface area contributed by atoms with Gasteiger partial charge in [0.05, 0.1) is 6.20 Å². The minimum atomic E-state index is 0.530. The molecule has 0 amide bonds. The Bertz CT molecular complexity index is 639. The van der Waals surface area contributed by atoms with Gasteiger partial charge in [-0.3, -0.25) is 9.50 Å². The van der Waals surface area contributed by atoms with E-state index in [9.17, 15) is 0 Å². The quantitative estimate of drug-likeness (QED) is 0.586. The molecule has 0 atom stereocenters. The van der Waals surface area contributed by atoms with Crippen LogP contribution in [-0.2, 0) is 6.54 Å². The van der Waals surface area contributed by atoms with Crippen molar-refractivity contribution < 1.29 is 0 Å². The number of nitrogen functional groups attached to an aromatic ring is 1. The number of hydrogen-bond donors (Lipinski definition) is 3. The summed E-state index contributed by atoms with van der Waals surface area (Å²) in [7, 11) is 0. The number of anilines is 2. The third-order valence-electron chi connectivity index (χ3n) is 2.41. The van der Waals surface area contributed by atoms with Gasteiger partial charge in [-0.2, -0.15) is 5.10 Å². The van der Waals surface area contributed by atoms with Crippen LogP contribution in [0.5, 0.6) is 0 Å². The fourth-order valence-corrected chi connectivity index (χ4v) is 1.52. The third kappa shape index (κ3) is 1.65. The zero-order valence-electron chi connectivity index (χ0n) is 8.83. The molecule has 0 aliphatic rings. The molecule has 0 bridgehead atoms. The maximum Gasteiger partial charge on any atom is 0.203 e. The average molecular weight is 230 g/mol. The number of fused-ring (bicyclic) bond motifs is 1. The largest absolute Gasteiger partial charge is 0.384 e. The van der Waals surface area contributed by atoms with Crippen molar-refractivity contribution in [2.75, 3.05) is 11.1 Å². The first-order valence-corrected chi connectivity index (χ1v) is 5.00. The molecule has 4 N–H and O–H groups in total. The van der Waals surface area contributed by atoms with Gasteiger partial charge < -0.3 is 11.1 Å². The van der Waals surface area contributed by atoms with Crippen molar-refractivity contribution in [1.82, 2.24) is 29.8 Å². The summed E-state index contributed by atoms with van der Waals surface area (Å²) in [6.07, 6.45) is 6.75. The van der Waals surface area contributed by atoms with E-state index >= 15 is 0 Å². The van der Waals surface area contributed by atoms with Crippen LogP contribution in [0.25, 0.3) is 5.65 Å². The fourth-order valence-electron chi connectivity index (χ4n) is 1.52. The molecule has 0 radical (unpaired) electrons. The second-order valence-electron chi connectivity index (χ2n) is 3.50. The Kier molecular flexibility index (Phi) is 2.11. The van der Waals surface area contributed by atoms with Gasteiger partial charge in [-0.1, -0.05) is 0 Å². The highest BCUT2D eigenvalue weighted by Gasteiger charge is 2.06. The monoisotopic (exact) mass is 230 g/mol. The highest BCUT2D eigenvalue weighted by molar-refractivity contribution is 5.61. The summed E-state index contributed by atoms with van der Waals surface area (Å²) >= 11 is 0. The fraction of sp³-hybridized carbons (Fsp3) is 0.111. The standard InChI is InChI=1S/C9H10N8/c10-7-6(4-13-15-7)3-12-8-9-16-14-5-17(9)2-1-11-8/h1-2,4-5H,3H2,(H,11,12)(H3,10,13,15). The molecule has 86 valence electrons. The summed E-state index contributed by atoms with van der Waals surface area (Å²) < 4.78 is 1.79. The zero-order valence-corrected chi connectivity index (χ0v) is 8.83. The van der Waals surface area contributed by atoms with E-state index in [1.54, 1.807) is 29.3 Å². The second-order valence-corrected chi connectivity index (χ2v) is 3.50. The Balaban J connectivity index is 1.86. The van der Waals surface area contributed by atoms with Gasteiger partial charge in [-0.25, -0.2) is 4.98 Å². The van der Waals surface area contributed by atoms with Crippen LogP contribution in [0.15, 0.2) is 24.9 Å². The van der Waals surface area contributed by atoms with E-state index in [4.69, 9.17) is 5.73 Å². The lowest BCUT2D eigenvalue weighted by Crippen LogP contribution is -2.04. The molecule has 0 saturated carbocycles. The van der Waals surface area contributed by atoms with Crippen LogP contribution in [0.1, 0.15) is 5.56 Å². The summed E-state index contributed by atoms with van der Waals surface area (Å²) in [4.78, 5) is 4.20. The molecule has 17 heavy (non-hydrogen) atoms. The molecule has 0 spiro atoms. The van der Waals surface area contributed by atoms with Crippen molar-refractivity contribution in [3.8, 4) is 0 Å². The summed E-state index contributed by atoms with van der Waals surface area (Å²) in [5.41, 5.74) is 7.24.